The van der Waals surface area contributed by atoms with E-state index in [1.54, 1.807) is 0 Å². The minimum atomic E-state index is -1.05. The van der Waals surface area contributed by atoms with E-state index < -0.39 is 5.97 Å². The molecule has 0 heterocycles. The Morgan fingerprint density at radius 2 is 2.50 bits per heavy atom. The first-order valence-electron chi connectivity index (χ1n) is 3.23. The highest BCUT2D eigenvalue weighted by atomic mass is 16.4. The fourth-order valence-corrected chi connectivity index (χ4v) is 0.918. The summed E-state index contributed by atoms with van der Waals surface area (Å²) in [4.78, 5) is 9.96. The number of carboxylic acid groups (broad SMARTS) is 1. The number of allylic oxidation sites excluding steroid dienone is 2. The molecule has 0 aromatic rings. The van der Waals surface area contributed by atoms with Crippen molar-refractivity contribution in [1.29, 1.82) is 0 Å². The zero-order valence-electron chi connectivity index (χ0n) is 5.55. The lowest BCUT2D eigenvalue weighted by Gasteiger charge is -1.82. The summed E-state index contributed by atoms with van der Waals surface area (Å²) in [5.74, 6) is 3.63. The largest absolute Gasteiger partial charge is 0.472 e. The molecule has 0 amide bonds. The third-order valence-corrected chi connectivity index (χ3v) is 1.37. The van der Waals surface area contributed by atoms with E-state index in [0.717, 1.165) is 24.8 Å². The van der Waals surface area contributed by atoms with Gasteiger partial charge in [-0.25, -0.2) is 4.79 Å². The molecule has 0 radical (unpaired) electrons. The van der Waals surface area contributed by atoms with Crippen LogP contribution in [0.4, 0.5) is 0 Å². The lowest BCUT2D eigenvalue weighted by atomic mass is 10.2. The fourth-order valence-electron chi connectivity index (χ4n) is 0.918. The molecule has 0 aliphatic heterocycles. The molecule has 0 spiro atoms. The van der Waals surface area contributed by atoms with Gasteiger partial charge in [-0.2, -0.15) is 0 Å². The van der Waals surface area contributed by atoms with Crippen molar-refractivity contribution in [2.45, 2.75) is 19.3 Å². The van der Waals surface area contributed by atoms with Crippen LogP contribution in [0.1, 0.15) is 19.3 Å². The van der Waals surface area contributed by atoms with Crippen LogP contribution in [0.25, 0.3) is 0 Å². The van der Waals surface area contributed by atoms with Crippen molar-refractivity contribution >= 4 is 5.97 Å². The Bertz CT molecular complexity index is 227. The molecule has 1 N–H and O–H groups in total. The maximum atomic E-state index is 9.96. The van der Waals surface area contributed by atoms with Crippen LogP contribution < -0.4 is 0 Å². The molecule has 0 aromatic heterocycles. The van der Waals surface area contributed by atoms with Gasteiger partial charge in [-0.3, -0.25) is 0 Å². The van der Waals surface area contributed by atoms with Gasteiger partial charge in [0.05, 0.1) is 0 Å². The monoisotopic (exact) mass is 136 g/mol. The van der Waals surface area contributed by atoms with Crippen LogP contribution in [-0.4, -0.2) is 11.1 Å². The Hall–Kier alpha value is -1.23. The second-order valence-corrected chi connectivity index (χ2v) is 2.18. The average molecular weight is 136 g/mol. The Kier molecular flexibility index (Phi) is 2.11. The second-order valence-electron chi connectivity index (χ2n) is 2.18. The zero-order valence-corrected chi connectivity index (χ0v) is 5.55. The predicted octanol–water partition coefficient (Wildman–Crippen LogP) is 1.18. The molecule has 52 valence electrons. The van der Waals surface area contributed by atoms with E-state index in [1.807, 2.05) is 6.08 Å². The van der Waals surface area contributed by atoms with Crippen molar-refractivity contribution in [2.24, 2.45) is 0 Å². The number of rotatable bonds is 0. The molecular formula is C8H8O2. The molecule has 0 bridgehead atoms. The summed E-state index contributed by atoms with van der Waals surface area (Å²) in [5, 5.41) is 8.17. The summed E-state index contributed by atoms with van der Waals surface area (Å²) >= 11 is 0. The van der Waals surface area contributed by atoms with E-state index in [4.69, 9.17) is 5.11 Å². The maximum Gasteiger partial charge on any atom is 0.382 e. The van der Waals surface area contributed by atoms with Gasteiger partial charge in [0.1, 0.15) is 0 Å². The average Bonchev–Trinajstić information content (AvgIpc) is 2.34. The third kappa shape index (κ3) is 1.94. The van der Waals surface area contributed by atoms with Crippen molar-refractivity contribution in [3.63, 3.8) is 0 Å². The molecule has 0 unspecified atom stereocenters. The van der Waals surface area contributed by atoms with E-state index in [1.165, 1.54) is 0 Å². The van der Waals surface area contributed by atoms with Crippen LogP contribution in [0.5, 0.6) is 0 Å². The molecule has 1 aliphatic rings. The normalized spacial score (nSPS) is 15.4. The summed E-state index contributed by atoms with van der Waals surface area (Å²) in [6.07, 6.45) is 5.10. The van der Waals surface area contributed by atoms with Gasteiger partial charge >= 0.3 is 5.97 Å². The van der Waals surface area contributed by atoms with Crippen LogP contribution in [0.15, 0.2) is 11.6 Å². The fraction of sp³-hybridized carbons (Fsp3) is 0.375. The molecular weight excluding hydrogens is 128 g/mol. The molecule has 1 aliphatic carbocycles. The first kappa shape index (κ1) is 6.88. The highest BCUT2D eigenvalue weighted by molar-refractivity contribution is 5.87. The third-order valence-electron chi connectivity index (χ3n) is 1.37. The van der Waals surface area contributed by atoms with Crippen LogP contribution >= 0.6 is 0 Å². The standard InChI is InChI=1S/C8H8O2/c9-8(10)6-5-7-3-1-2-4-7/h3H,1-2,4H2,(H,9,10). The van der Waals surface area contributed by atoms with Crippen molar-refractivity contribution in [2.75, 3.05) is 0 Å². The van der Waals surface area contributed by atoms with E-state index in [-0.39, 0.29) is 0 Å². The van der Waals surface area contributed by atoms with Gasteiger partial charge in [-0.05, 0) is 24.8 Å². The molecule has 2 heteroatoms. The Morgan fingerprint density at radius 1 is 1.70 bits per heavy atom. The molecule has 0 fully saturated rings. The van der Waals surface area contributed by atoms with E-state index in [9.17, 15) is 4.79 Å². The summed E-state index contributed by atoms with van der Waals surface area (Å²) in [5.41, 5.74) is 0.974. The lowest BCUT2D eigenvalue weighted by Crippen LogP contribution is -1.86. The van der Waals surface area contributed by atoms with Crippen molar-refractivity contribution in [3.8, 4) is 11.8 Å². The number of hydrogen-bond donors (Lipinski definition) is 1. The van der Waals surface area contributed by atoms with Gasteiger partial charge in [0.25, 0.3) is 0 Å². The van der Waals surface area contributed by atoms with Gasteiger partial charge in [0.15, 0.2) is 0 Å². The minimum Gasteiger partial charge on any atom is -0.472 e. The van der Waals surface area contributed by atoms with Gasteiger partial charge < -0.3 is 5.11 Å². The number of aliphatic carboxylic acids is 1. The number of hydrogen-bond acceptors (Lipinski definition) is 1. The van der Waals surface area contributed by atoms with Crippen molar-refractivity contribution < 1.29 is 9.90 Å². The van der Waals surface area contributed by atoms with Gasteiger partial charge in [0.2, 0.25) is 0 Å². The van der Waals surface area contributed by atoms with Crippen LogP contribution in [0.2, 0.25) is 0 Å². The minimum absolute atomic E-state index is 0.945. The van der Waals surface area contributed by atoms with Crippen LogP contribution in [0.3, 0.4) is 0 Å². The van der Waals surface area contributed by atoms with Crippen molar-refractivity contribution in [3.05, 3.63) is 11.6 Å². The van der Waals surface area contributed by atoms with E-state index in [2.05, 4.69) is 11.8 Å². The Balaban J connectivity index is 2.54. The van der Waals surface area contributed by atoms with Crippen LogP contribution in [-0.2, 0) is 4.79 Å². The summed E-state index contributed by atoms with van der Waals surface area (Å²) in [7, 11) is 0. The van der Waals surface area contributed by atoms with Crippen molar-refractivity contribution in [1.82, 2.24) is 0 Å². The summed E-state index contributed by atoms with van der Waals surface area (Å²) in [6, 6.07) is 0. The molecule has 0 aromatic carbocycles. The van der Waals surface area contributed by atoms with Gasteiger partial charge in [0, 0.05) is 5.92 Å². The highest BCUT2D eigenvalue weighted by Gasteiger charge is 1.99. The van der Waals surface area contributed by atoms with E-state index >= 15 is 0 Å². The molecule has 0 saturated heterocycles. The molecule has 2 nitrogen and oxygen atoms in total. The summed E-state index contributed by atoms with van der Waals surface area (Å²) < 4.78 is 0. The lowest BCUT2D eigenvalue weighted by molar-refractivity contribution is -0.130. The molecule has 0 saturated carbocycles. The number of carboxylic acids is 1. The molecule has 0 atom stereocenters. The Labute approximate surface area is 59.6 Å². The first-order valence-corrected chi connectivity index (χ1v) is 3.23. The smallest absolute Gasteiger partial charge is 0.382 e. The quantitative estimate of drug-likeness (QED) is 0.508. The molecule has 10 heavy (non-hydrogen) atoms. The maximum absolute atomic E-state index is 9.96. The zero-order chi connectivity index (χ0) is 7.40. The molecule has 1 rings (SSSR count). The number of carbonyl (C=O) groups is 1. The highest BCUT2D eigenvalue weighted by Crippen LogP contribution is 2.15. The predicted molar refractivity (Wildman–Crippen MR) is 37.3 cm³/mol. The Morgan fingerprint density at radius 3 is 3.00 bits per heavy atom. The topological polar surface area (TPSA) is 37.3 Å². The van der Waals surface area contributed by atoms with Gasteiger partial charge in [-0.1, -0.05) is 12.0 Å². The summed E-state index contributed by atoms with van der Waals surface area (Å²) in [6.45, 7) is 0. The SMILES string of the molecule is O=C(O)C#CC1=CCCC1. The van der Waals surface area contributed by atoms with Crippen LogP contribution in [0, 0.1) is 11.8 Å². The van der Waals surface area contributed by atoms with Gasteiger partial charge in [-0.15, -0.1) is 0 Å². The van der Waals surface area contributed by atoms with E-state index in [0.29, 0.717) is 0 Å². The first-order chi connectivity index (χ1) is 4.79. The second kappa shape index (κ2) is 3.07.